The molecular formula is C39H30O4. The van der Waals surface area contributed by atoms with Crippen LogP contribution in [-0.4, -0.2) is 11.6 Å². The molecule has 210 valence electrons. The molecule has 0 aromatic heterocycles. The van der Waals surface area contributed by atoms with Gasteiger partial charge in [0.2, 0.25) is 0 Å². The lowest BCUT2D eigenvalue weighted by atomic mass is 10.0. The molecule has 6 rings (SSSR count). The first-order chi connectivity index (χ1) is 21.0. The number of ketones is 2. The summed E-state index contributed by atoms with van der Waals surface area (Å²) < 4.78 is 12.5. The van der Waals surface area contributed by atoms with Crippen LogP contribution >= 0.6 is 0 Å². The van der Waals surface area contributed by atoms with E-state index in [1.165, 1.54) is 5.56 Å². The van der Waals surface area contributed by atoms with E-state index >= 15 is 0 Å². The van der Waals surface area contributed by atoms with E-state index < -0.39 is 0 Å². The van der Waals surface area contributed by atoms with E-state index in [0.717, 1.165) is 22.8 Å². The van der Waals surface area contributed by atoms with Crippen LogP contribution in [0, 0.1) is 6.92 Å². The number of hydrogen-bond donors (Lipinski definition) is 0. The largest absolute Gasteiger partial charge is 0.457 e. The van der Waals surface area contributed by atoms with E-state index in [9.17, 15) is 9.59 Å². The molecule has 4 heteroatoms. The zero-order chi connectivity index (χ0) is 29.8. The maximum atomic E-state index is 12.9. The molecule has 0 atom stereocenters. The normalized spacial score (nSPS) is 10.8. The van der Waals surface area contributed by atoms with Crippen molar-refractivity contribution in [1.82, 2.24) is 0 Å². The number of ether oxygens (including phenoxy) is 2. The average molecular weight is 563 g/mol. The fraction of sp³-hybridized carbons (Fsp3) is 0.0769. The smallest absolute Gasteiger partial charge is 0.193 e. The SMILES string of the molecule is CCc1ccc(C(=O)c2ccc(Oc3cccc4c(Oc5ccc(C(=O)c6ccc(C)cc6)cc5)cccc34)cc2)cc1. The molecule has 6 aromatic carbocycles. The van der Waals surface area contributed by atoms with Gasteiger partial charge in [-0.15, -0.1) is 0 Å². The highest BCUT2D eigenvalue weighted by Crippen LogP contribution is 2.36. The van der Waals surface area contributed by atoms with Gasteiger partial charge in [0.25, 0.3) is 0 Å². The Morgan fingerprint density at radius 1 is 0.488 bits per heavy atom. The molecule has 0 saturated carbocycles. The number of hydrogen-bond acceptors (Lipinski definition) is 4. The first-order valence-corrected chi connectivity index (χ1v) is 14.3. The molecule has 0 spiro atoms. The van der Waals surface area contributed by atoms with E-state index in [-0.39, 0.29) is 11.6 Å². The molecule has 6 aromatic rings. The summed E-state index contributed by atoms with van der Waals surface area (Å²) in [6.07, 6.45) is 0.937. The number of rotatable bonds is 9. The van der Waals surface area contributed by atoms with E-state index in [2.05, 4.69) is 6.92 Å². The third-order valence-corrected chi connectivity index (χ3v) is 7.47. The Bertz CT molecular complexity index is 1900. The standard InChI is InChI=1S/C39H30O4/c1-3-27-12-16-29(17-13-27)39(41)31-20-24-33(25-21-31)43-37-9-5-6-34-35(37)7-4-8-36(34)42-32-22-18-30(19-23-32)38(40)28-14-10-26(2)11-15-28/h4-25H,3H2,1-2H3. The molecule has 0 amide bonds. The molecule has 0 fully saturated rings. The van der Waals surface area contributed by atoms with Crippen molar-refractivity contribution >= 4 is 22.3 Å². The van der Waals surface area contributed by atoms with Crippen molar-refractivity contribution in [2.24, 2.45) is 0 Å². The Balaban J connectivity index is 1.18. The molecule has 4 nitrogen and oxygen atoms in total. The molecule has 0 saturated heterocycles. The first kappa shape index (κ1) is 27.7. The summed E-state index contributed by atoms with van der Waals surface area (Å²) in [4.78, 5) is 25.8. The lowest BCUT2D eigenvalue weighted by Gasteiger charge is -2.13. The molecule has 0 bridgehead atoms. The molecule has 0 aliphatic carbocycles. The highest BCUT2D eigenvalue weighted by molar-refractivity contribution is 6.09. The van der Waals surface area contributed by atoms with Crippen LogP contribution in [0.15, 0.2) is 133 Å². The predicted octanol–water partition coefficient (Wildman–Crippen LogP) is 9.76. The van der Waals surface area contributed by atoms with Gasteiger partial charge in [0.05, 0.1) is 0 Å². The van der Waals surface area contributed by atoms with Crippen molar-refractivity contribution < 1.29 is 19.1 Å². The van der Waals surface area contributed by atoms with Gasteiger partial charge in [0.15, 0.2) is 11.6 Å². The van der Waals surface area contributed by atoms with Crippen LogP contribution in [0.4, 0.5) is 0 Å². The predicted molar refractivity (Wildman–Crippen MR) is 171 cm³/mol. The lowest BCUT2D eigenvalue weighted by Crippen LogP contribution is -2.01. The molecule has 43 heavy (non-hydrogen) atoms. The van der Waals surface area contributed by atoms with Crippen molar-refractivity contribution in [2.45, 2.75) is 20.3 Å². The van der Waals surface area contributed by atoms with Gasteiger partial charge in [-0.25, -0.2) is 0 Å². The second-order valence-corrected chi connectivity index (χ2v) is 10.4. The monoisotopic (exact) mass is 562 g/mol. The number of aryl methyl sites for hydroxylation is 2. The zero-order valence-corrected chi connectivity index (χ0v) is 24.0. The fourth-order valence-electron chi connectivity index (χ4n) is 4.96. The van der Waals surface area contributed by atoms with E-state index in [1.54, 1.807) is 24.3 Å². The molecule has 0 aliphatic rings. The second-order valence-electron chi connectivity index (χ2n) is 10.4. The van der Waals surface area contributed by atoms with Gasteiger partial charge in [-0.2, -0.15) is 0 Å². The van der Waals surface area contributed by atoms with Crippen molar-refractivity contribution in [3.05, 3.63) is 167 Å². The molecule has 0 N–H and O–H groups in total. The van der Waals surface area contributed by atoms with E-state index in [0.29, 0.717) is 45.3 Å². The quantitative estimate of drug-likeness (QED) is 0.165. The fourth-order valence-corrected chi connectivity index (χ4v) is 4.96. The summed E-state index contributed by atoms with van der Waals surface area (Å²) in [7, 11) is 0. The summed E-state index contributed by atoms with van der Waals surface area (Å²) in [5.74, 6) is 2.57. The topological polar surface area (TPSA) is 52.6 Å². The van der Waals surface area contributed by atoms with Crippen molar-refractivity contribution in [3.63, 3.8) is 0 Å². The van der Waals surface area contributed by atoms with Crippen LogP contribution in [0.5, 0.6) is 23.0 Å². The molecule has 0 radical (unpaired) electrons. The van der Waals surface area contributed by atoms with Crippen LogP contribution < -0.4 is 9.47 Å². The maximum Gasteiger partial charge on any atom is 0.193 e. The molecule has 0 unspecified atom stereocenters. The van der Waals surface area contributed by atoms with Gasteiger partial charge in [0.1, 0.15) is 23.0 Å². The van der Waals surface area contributed by atoms with Crippen molar-refractivity contribution in [2.75, 3.05) is 0 Å². The van der Waals surface area contributed by atoms with E-state index in [4.69, 9.17) is 9.47 Å². The molecule has 0 heterocycles. The minimum atomic E-state index is -0.0264. The van der Waals surface area contributed by atoms with Crippen molar-refractivity contribution in [1.29, 1.82) is 0 Å². The highest BCUT2D eigenvalue weighted by Gasteiger charge is 2.13. The summed E-state index contributed by atoms with van der Waals surface area (Å²) in [6, 6.07) is 41.3. The van der Waals surface area contributed by atoms with Crippen LogP contribution in [0.1, 0.15) is 49.9 Å². The summed E-state index contributed by atoms with van der Waals surface area (Å²) in [5.41, 5.74) is 4.85. The maximum absolute atomic E-state index is 12.9. The Labute approximate surface area is 251 Å². The Kier molecular flexibility index (Phi) is 7.84. The van der Waals surface area contributed by atoms with Gasteiger partial charge in [-0.1, -0.05) is 85.3 Å². The Morgan fingerprint density at radius 2 is 0.860 bits per heavy atom. The average Bonchev–Trinajstić information content (AvgIpc) is 3.06. The minimum Gasteiger partial charge on any atom is -0.457 e. The second kappa shape index (κ2) is 12.2. The molecular weight excluding hydrogens is 532 g/mol. The highest BCUT2D eigenvalue weighted by atomic mass is 16.5. The number of fused-ring (bicyclic) bond motifs is 1. The summed E-state index contributed by atoms with van der Waals surface area (Å²) in [6.45, 7) is 4.09. The summed E-state index contributed by atoms with van der Waals surface area (Å²) >= 11 is 0. The van der Waals surface area contributed by atoms with Crippen LogP contribution in [0.3, 0.4) is 0 Å². The zero-order valence-electron chi connectivity index (χ0n) is 24.0. The van der Waals surface area contributed by atoms with Crippen LogP contribution in [0.25, 0.3) is 10.8 Å². The third kappa shape index (κ3) is 6.09. The minimum absolute atomic E-state index is 0.0197. The van der Waals surface area contributed by atoms with Gasteiger partial charge in [-0.05, 0) is 79.6 Å². The lowest BCUT2D eigenvalue weighted by molar-refractivity contribution is 0.103. The summed E-state index contributed by atoms with van der Waals surface area (Å²) in [5, 5.41) is 1.78. The van der Waals surface area contributed by atoms with E-state index in [1.807, 2.05) is 116 Å². The number of benzene rings is 6. The van der Waals surface area contributed by atoms with Crippen molar-refractivity contribution in [3.8, 4) is 23.0 Å². The van der Waals surface area contributed by atoms with Gasteiger partial charge in [0, 0.05) is 33.0 Å². The number of carbonyl (C=O) groups is 2. The third-order valence-electron chi connectivity index (χ3n) is 7.47. The number of carbonyl (C=O) groups excluding carboxylic acids is 2. The van der Waals surface area contributed by atoms with Gasteiger partial charge < -0.3 is 9.47 Å². The van der Waals surface area contributed by atoms with Crippen LogP contribution in [0.2, 0.25) is 0 Å². The Hall–Kier alpha value is -5.48. The first-order valence-electron chi connectivity index (χ1n) is 14.3. The van der Waals surface area contributed by atoms with Crippen LogP contribution in [-0.2, 0) is 6.42 Å². The molecule has 0 aliphatic heterocycles. The van der Waals surface area contributed by atoms with Gasteiger partial charge in [-0.3, -0.25) is 9.59 Å². The Morgan fingerprint density at radius 3 is 1.26 bits per heavy atom. The van der Waals surface area contributed by atoms with Gasteiger partial charge >= 0.3 is 0 Å².